The number of aromatic nitrogens is 4. The lowest BCUT2D eigenvalue weighted by molar-refractivity contribution is -0.146. The third kappa shape index (κ3) is 5.36. The van der Waals surface area contributed by atoms with Crippen LogP contribution in [0, 0.1) is 12.7 Å². The van der Waals surface area contributed by atoms with Gasteiger partial charge in [-0.3, -0.25) is 4.79 Å². The third-order valence-electron chi connectivity index (χ3n) is 6.23. The molecule has 0 bridgehead atoms. The lowest BCUT2D eigenvalue weighted by atomic mass is 10.0. The van der Waals surface area contributed by atoms with Gasteiger partial charge in [0.2, 0.25) is 0 Å². The van der Waals surface area contributed by atoms with Crippen LogP contribution in [0.2, 0.25) is 0 Å². The maximum atomic E-state index is 13.6. The first-order valence-corrected chi connectivity index (χ1v) is 12.0. The molecular formula is C27H25FN6O4. The Morgan fingerprint density at radius 2 is 1.82 bits per heavy atom. The van der Waals surface area contributed by atoms with Crippen molar-refractivity contribution in [2.45, 2.75) is 31.8 Å². The zero-order valence-corrected chi connectivity index (χ0v) is 20.8. The van der Waals surface area contributed by atoms with E-state index in [2.05, 4.69) is 30.8 Å². The average molecular weight is 517 g/mol. The van der Waals surface area contributed by atoms with Gasteiger partial charge in [0.05, 0.1) is 25.0 Å². The normalized spacial score (nSPS) is 13.6. The molecule has 0 saturated heterocycles. The van der Waals surface area contributed by atoms with Gasteiger partial charge in [-0.05, 0) is 67.3 Å². The minimum absolute atomic E-state index is 0.334. The second-order valence-corrected chi connectivity index (χ2v) is 9.03. The molecule has 2 aromatic carbocycles. The maximum Gasteiger partial charge on any atom is 0.331 e. The number of fused-ring (bicyclic) bond motifs is 1. The fraction of sp³-hybridized carbons (Fsp3) is 0.259. The number of amides is 1. The molecule has 11 heteroatoms. The van der Waals surface area contributed by atoms with Gasteiger partial charge in [0, 0.05) is 5.39 Å². The largest absolute Gasteiger partial charge is 0.481 e. The highest BCUT2D eigenvalue weighted by Gasteiger charge is 2.52. The van der Waals surface area contributed by atoms with E-state index in [-0.39, 0.29) is 12.4 Å². The van der Waals surface area contributed by atoms with Gasteiger partial charge in [-0.15, -0.1) is 0 Å². The van der Waals surface area contributed by atoms with Crippen molar-refractivity contribution in [1.82, 2.24) is 25.5 Å². The number of ether oxygens (including phenoxy) is 2. The lowest BCUT2D eigenvalue weighted by Gasteiger charge is -2.16. The number of methoxy groups -OCH3 is 1. The van der Waals surface area contributed by atoms with E-state index in [1.807, 2.05) is 25.1 Å². The molecule has 2 heterocycles. The molecule has 38 heavy (non-hydrogen) atoms. The van der Waals surface area contributed by atoms with E-state index in [0.717, 1.165) is 17.0 Å². The fourth-order valence-corrected chi connectivity index (χ4v) is 4.04. The first kappa shape index (κ1) is 25.0. The summed E-state index contributed by atoms with van der Waals surface area (Å²) in [5, 5.41) is 14.9. The molecule has 1 fully saturated rings. The van der Waals surface area contributed by atoms with Crippen LogP contribution in [-0.2, 0) is 20.9 Å². The number of carbonyl (C=O) groups excluding carboxylic acids is 2. The highest BCUT2D eigenvalue weighted by molar-refractivity contribution is 5.97. The zero-order chi connectivity index (χ0) is 26.7. The van der Waals surface area contributed by atoms with Crippen molar-refractivity contribution in [2.75, 3.05) is 19.0 Å². The number of esters is 1. The molecule has 1 aliphatic rings. The van der Waals surface area contributed by atoms with E-state index in [0.29, 0.717) is 47.4 Å². The van der Waals surface area contributed by atoms with Crippen LogP contribution in [0.5, 0.6) is 5.75 Å². The Morgan fingerprint density at radius 1 is 1.03 bits per heavy atom. The number of anilines is 1. The van der Waals surface area contributed by atoms with Crippen molar-refractivity contribution in [3.05, 3.63) is 72.1 Å². The minimum Gasteiger partial charge on any atom is -0.481 e. The molecule has 1 aliphatic carbocycles. The number of carbonyl (C=O) groups is 2. The molecule has 2 N–H and O–H groups in total. The Morgan fingerprint density at radius 3 is 2.50 bits per heavy atom. The molecule has 2 aromatic heterocycles. The predicted molar refractivity (Wildman–Crippen MR) is 137 cm³/mol. The lowest BCUT2D eigenvalue weighted by Crippen LogP contribution is -2.45. The van der Waals surface area contributed by atoms with Gasteiger partial charge in [0.25, 0.3) is 5.91 Å². The third-order valence-corrected chi connectivity index (χ3v) is 6.23. The average Bonchev–Trinajstić information content (AvgIpc) is 3.71. The summed E-state index contributed by atoms with van der Waals surface area (Å²) in [7, 11) is 1.29. The highest BCUT2D eigenvalue weighted by atomic mass is 19.1. The van der Waals surface area contributed by atoms with Gasteiger partial charge in [-0.25, -0.2) is 19.2 Å². The van der Waals surface area contributed by atoms with E-state index in [9.17, 15) is 14.0 Å². The van der Waals surface area contributed by atoms with Gasteiger partial charge in [0.1, 0.15) is 34.8 Å². The number of benzene rings is 2. The number of hydrogen-bond donors (Lipinski definition) is 2. The SMILES string of the molecule is COC(=O)C1(NC(=O)COc2cc(-c3ccc(F)cc3)cc3c(NCc4ccc(C)nn4)ncnc23)CC1. The first-order valence-electron chi connectivity index (χ1n) is 12.0. The van der Waals surface area contributed by atoms with Crippen molar-refractivity contribution >= 4 is 28.6 Å². The molecule has 4 aromatic rings. The summed E-state index contributed by atoms with van der Waals surface area (Å²) in [6, 6.07) is 13.4. The summed E-state index contributed by atoms with van der Waals surface area (Å²) in [4.78, 5) is 33.4. The maximum absolute atomic E-state index is 13.6. The molecule has 0 aliphatic heterocycles. The molecule has 1 saturated carbocycles. The van der Waals surface area contributed by atoms with Crippen molar-refractivity contribution in [3.8, 4) is 16.9 Å². The molecule has 10 nitrogen and oxygen atoms in total. The number of hydrogen-bond acceptors (Lipinski definition) is 9. The van der Waals surface area contributed by atoms with Crippen molar-refractivity contribution in [1.29, 1.82) is 0 Å². The number of halogens is 1. The summed E-state index contributed by atoms with van der Waals surface area (Å²) in [6.07, 6.45) is 2.43. The molecule has 194 valence electrons. The van der Waals surface area contributed by atoms with Crippen LogP contribution >= 0.6 is 0 Å². The summed E-state index contributed by atoms with van der Waals surface area (Å²) in [5.41, 5.74) is 2.49. The number of nitrogens with zero attached hydrogens (tertiary/aromatic N) is 4. The molecule has 0 unspecified atom stereocenters. The highest BCUT2D eigenvalue weighted by Crippen LogP contribution is 2.37. The smallest absolute Gasteiger partial charge is 0.331 e. The van der Waals surface area contributed by atoms with Gasteiger partial charge in [0.15, 0.2) is 6.61 Å². The molecule has 0 spiro atoms. The quantitative estimate of drug-likeness (QED) is 0.322. The topological polar surface area (TPSA) is 128 Å². The standard InChI is InChI=1S/C27H25FN6O4/c1-16-3-8-20(34-33-16)13-29-25-21-11-18(17-4-6-19(28)7-5-17)12-22(24(21)30-15-31-25)38-14-23(35)32-27(9-10-27)26(36)37-2/h3-8,11-12,15H,9-10,13-14H2,1-2H3,(H,32,35)(H,29,30,31). The van der Waals surface area contributed by atoms with Crippen LogP contribution in [-0.4, -0.2) is 51.3 Å². The Labute approximate surface area is 217 Å². The van der Waals surface area contributed by atoms with E-state index in [1.165, 1.54) is 25.6 Å². The van der Waals surface area contributed by atoms with E-state index in [1.54, 1.807) is 18.2 Å². The second-order valence-electron chi connectivity index (χ2n) is 9.03. The number of aryl methyl sites for hydroxylation is 1. The Hall–Kier alpha value is -4.67. The van der Waals surface area contributed by atoms with Crippen LogP contribution < -0.4 is 15.4 Å². The van der Waals surface area contributed by atoms with Crippen molar-refractivity contribution in [2.24, 2.45) is 0 Å². The van der Waals surface area contributed by atoms with E-state index < -0.39 is 17.4 Å². The van der Waals surface area contributed by atoms with Gasteiger partial charge in [-0.2, -0.15) is 10.2 Å². The molecule has 0 radical (unpaired) electrons. The summed E-state index contributed by atoms with van der Waals surface area (Å²) < 4.78 is 24.3. The van der Waals surface area contributed by atoms with Crippen LogP contribution in [0.15, 0.2) is 54.9 Å². The van der Waals surface area contributed by atoms with Gasteiger partial charge < -0.3 is 20.1 Å². The zero-order valence-electron chi connectivity index (χ0n) is 20.8. The fourth-order valence-electron chi connectivity index (χ4n) is 4.04. The van der Waals surface area contributed by atoms with E-state index >= 15 is 0 Å². The van der Waals surface area contributed by atoms with Crippen molar-refractivity contribution < 1.29 is 23.5 Å². The monoisotopic (exact) mass is 516 g/mol. The van der Waals surface area contributed by atoms with Crippen LogP contribution in [0.25, 0.3) is 22.0 Å². The molecular weight excluding hydrogens is 491 g/mol. The predicted octanol–water partition coefficient (Wildman–Crippen LogP) is 3.35. The minimum atomic E-state index is -0.981. The summed E-state index contributed by atoms with van der Waals surface area (Å²) >= 11 is 0. The number of nitrogens with one attached hydrogen (secondary N) is 2. The second kappa shape index (κ2) is 10.4. The Kier molecular flexibility index (Phi) is 6.82. The Bertz CT molecular complexity index is 1490. The summed E-state index contributed by atoms with van der Waals surface area (Å²) in [5.74, 6) is -0.430. The molecule has 1 amide bonds. The Balaban J connectivity index is 1.45. The van der Waals surface area contributed by atoms with E-state index in [4.69, 9.17) is 9.47 Å². The first-order chi connectivity index (χ1) is 18.4. The van der Waals surface area contributed by atoms with Crippen LogP contribution in [0.1, 0.15) is 24.2 Å². The summed E-state index contributed by atoms with van der Waals surface area (Å²) in [6.45, 7) is 1.89. The molecule has 5 rings (SSSR count). The van der Waals surface area contributed by atoms with Crippen LogP contribution in [0.4, 0.5) is 10.2 Å². The molecule has 0 atom stereocenters. The van der Waals surface area contributed by atoms with Crippen LogP contribution in [0.3, 0.4) is 0 Å². The van der Waals surface area contributed by atoms with Gasteiger partial charge >= 0.3 is 5.97 Å². The number of rotatable bonds is 9. The van der Waals surface area contributed by atoms with Gasteiger partial charge in [-0.1, -0.05) is 12.1 Å². The van der Waals surface area contributed by atoms with Crippen molar-refractivity contribution in [3.63, 3.8) is 0 Å².